The number of sulfone groups is 1. The molecule has 1 atom stereocenters. The van der Waals surface area contributed by atoms with Gasteiger partial charge in [-0.3, -0.25) is 0 Å². The summed E-state index contributed by atoms with van der Waals surface area (Å²) in [4.78, 5) is 0. The van der Waals surface area contributed by atoms with Gasteiger partial charge in [-0.1, -0.05) is 18.2 Å². The predicted octanol–water partition coefficient (Wildman–Crippen LogP) is 1.10. The smallest absolute Gasteiger partial charge is 0.173 e. The highest BCUT2D eigenvalue weighted by Gasteiger charge is 2.21. The van der Waals surface area contributed by atoms with E-state index in [9.17, 15) is 8.42 Å². The Bertz CT molecular complexity index is 580. The van der Waals surface area contributed by atoms with Crippen LogP contribution in [0.3, 0.4) is 0 Å². The molecule has 104 valence electrons. The lowest BCUT2D eigenvalue weighted by atomic mass is 10.1. The van der Waals surface area contributed by atoms with E-state index in [1.807, 2.05) is 18.2 Å². The topological polar surface area (TPSA) is 64.6 Å². The molecule has 6 heteroatoms. The quantitative estimate of drug-likeness (QED) is 0.877. The van der Waals surface area contributed by atoms with E-state index >= 15 is 0 Å². The molecule has 0 saturated carbocycles. The number of hydrogen-bond acceptors (Lipinski definition) is 5. The maximum absolute atomic E-state index is 11.3. The van der Waals surface area contributed by atoms with E-state index in [-0.39, 0.29) is 11.8 Å². The van der Waals surface area contributed by atoms with Gasteiger partial charge >= 0.3 is 0 Å². The molecule has 0 bridgehead atoms. The second-order valence-electron chi connectivity index (χ2n) is 4.30. The van der Waals surface area contributed by atoms with E-state index in [0.29, 0.717) is 18.0 Å². The van der Waals surface area contributed by atoms with Crippen molar-refractivity contribution >= 4 is 9.84 Å². The summed E-state index contributed by atoms with van der Waals surface area (Å²) < 4.78 is 33.2. The molecule has 1 heterocycles. The Labute approximate surface area is 113 Å². The second-order valence-corrected chi connectivity index (χ2v) is 6.23. The average Bonchev–Trinajstić information content (AvgIpc) is 2.75. The van der Waals surface area contributed by atoms with E-state index < -0.39 is 9.84 Å². The van der Waals surface area contributed by atoms with Crippen LogP contribution in [0.15, 0.2) is 29.7 Å². The van der Waals surface area contributed by atoms with Gasteiger partial charge in [0.15, 0.2) is 21.3 Å². The van der Waals surface area contributed by atoms with Crippen LogP contribution in [-0.4, -0.2) is 34.4 Å². The molecule has 1 unspecified atom stereocenters. The fraction of sp³-hybridized carbons (Fsp3) is 0.385. The van der Waals surface area contributed by atoms with Crippen molar-refractivity contribution in [2.45, 2.75) is 12.6 Å². The minimum absolute atomic E-state index is 0.110. The van der Waals surface area contributed by atoms with Crippen molar-refractivity contribution in [2.24, 2.45) is 0 Å². The Morgan fingerprint density at radius 3 is 2.68 bits per heavy atom. The molecule has 1 aliphatic rings. The molecule has 0 saturated heterocycles. The van der Waals surface area contributed by atoms with Crippen molar-refractivity contribution in [3.8, 4) is 11.5 Å². The summed E-state index contributed by atoms with van der Waals surface area (Å²) in [5.41, 5.74) is 0.930. The average molecular weight is 283 g/mol. The summed E-state index contributed by atoms with van der Waals surface area (Å²) in [6.45, 7) is 0.519. The zero-order valence-electron chi connectivity index (χ0n) is 10.9. The third-order valence-electron chi connectivity index (χ3n) is 2.97. The van der Waals surface area contributed by atoms with Crippen LogP contribution in [0.4, 0.5) is 0 Å². The maximum Gasteiger partial charge on any atom is 0.173 e. The molecule has 0 aliphatic carbocycles. The largest absolute Gasteiger partial charge is 0.493 e. The number of ether oxygens (including phenoxy) is 2. The van der Waals surface area contributed by atoms with Gasteiger partial charge in [0.05, 0.1) is 20.0 Å². The highest BCUT2D eigenvalue weighted by atomic mass is 32.2. The van der Waals surface area contributed by atoms with Crippen LogP contribution in [-0.2, 0) is 16.4 Å². The Hall–Kier alpha value is -1.53. The lowest BCUT2D eigenvalue weighted by molar-refractivity contribution is 0.350. The van der Waals surface area contributed by atoms with E-state index in [1.165, 1.54) is 5.41 Å². The summed E-state index contributed by atoms with van der Waals surface area (Å²) in [6, 6.07) is 5.46. The van der Waals surface area contributed by atoms with Crippen molar-refractivity contribution in [3.05, 3.63) is 35.2 Å². The van der Waals surface area contributed by atoms with E-state index in [1.54, 1.807) is 20.3 Å². The Morgan fingerprint density at radius 1 is 1.32 bits per heavy atom. The van der Waals surface area contributed by atoms with E-state index in [0.717, 1.165) is 5.56 Å². The Morgan fingerprint density at radius 2 is 2.11 bits per heavy atom. The van der Waals surface area contributed by atoms with E-state index in [4.69, 9.17) is 9.47 Å². The van der Waals surface area contributed by atoms with Crippen LogP contribution in [0, 0.1) is 0 Å². The first-order valence-electron chi connectivity index (χ1n) is 5.90. The fourth-order valence-corrected chi connectivity index (χ4v) is 3.31. The SMILES string of the molecule is COc1cccc(CNC2C=CS(=O)(=O)C2)c1OC. The van der Waals surface area contributed by atoms with Crippen molar-refractivity contribution in [2.75, 3.05) is 20.0 Å². The molecule has 5 nitrogen and oxygen atoms in total. The van der Waals surface area contributed by atoms with E-state index in [2.05, 4.69) is 5.32 Å². The number of nitrogens with one attached hydrogen (secondary N) is 1. The highest BCUT2D eigenvalue weighted by Crippen LogP contribution is 2.30. The molecule has 1 aromatic rings. The van der Waals surface area contributed by atoms with Crippen LogP contribution < -0.4 is 14.8 Å². The second kappa shape index (κ2) is 5.63. The lowest BCUT2D eigenvalue weighted by Crippen LogP contribution is -2.29. The van der Waals surface area contributed by atoms with Crippen LogP contribution in [0.1, 0.15) is 5.56 Å². The summed E-state index contributed by atoms with van der Waals surface area (Å²) in [5.74, 6) is 1.44. The minimum Gasteiger partial charge on any atom is -0.493 e. The normalized spacial score (nSPS) is 20.4. The number of para-hydroxylation sites is 1. The molecule has 0 aromatic heterocycles. The van der Waals surface area contributed by atoms with Gasteiger partial charge < -0.3 is 14.8 Å². The van der Waals surface area contributed by atoms with Crippen molar-refractivity contribution in [1.82, 2.24) is 5.32 Å². The highest BCUT2D eigenvalue weighted by molar-refractivity contribution is 7.94. The van der Waals surface area contributed by atoms with Crippen molar-refractivity contribution in [1.29, 1.82) is 0 Å². The zero-order valence-corrected chi connectivity index (χ0v) is 11.7. The number of rotatable bonds is 5. The van der Waals surface area contributed by atoms with Crippen LogP contribution in [0.2, 0.25) is 0 Å². The Kier molecular flexibility index (Phi) is 4.11. The molecule has 1 N–H and O–H groups in total. The zero-order chi connectivity index (χ0) is 13.9. The molecule has 0 spiro atoms. The number of methoxy groups -OCH3 is 2. The Balaban J connectivity index is 2.06. The number of hydrogen-bond donors (Lipinski definition) is 1. The molecule has 1 aliphatic heterocycles. The maximum atomic E-state index is 11.3. The van der Waals surface area contributed by atoms with Gasteiger partial charge in [-0.05, 0) is 6.07 Å². The van der Waals surface area contributed by atoms with Gasteiger partial charge in [-0.15, -0.1) is 0 Å². The van der Waals surface area contributed by atoms with Gasteiger partial charge in [0.2, 0.25) is 0 Å². The molecule has 0 amide bonds. The summed E-state index contributed by atoms with van der Waals surface area (Å²) >= 11 is 0. The monoisotopic (exact) mass is 283 g/mol. The summed E-state index contributed by atoms with van der Waals surface area (Å²) in [7, 11) is 0.142. The first-order chi connectivity index (χ1) is 9.05. The van der Waals surface area contributed by atoms with Gasteiger partial charge in [-0.25, -0.2) is 8.42 Å². The lowest BCUT2D eigenvalue weighted by Gasteiger charge is -2.15. The molecule has 19 heavy (non-hydrogen) atoms. The number of benzene rings is 1. The van der Waals surface area contributed by atoms with Crippen molar-refractivity contribution in [3.63, 3.8) is 0 Å². The molecule has 2 rings (SSSR count). The molecular formula is C13H17NO4S. The molecular weight excluding hydrogens is 266 g/mol. The van der Waals surface area contributed by atoms with Crippen LogP contribution in [0.25, 0.3) is 0 Å². The third-order valence-corrected chi connectivity index (χ3v) is 4.36. The fourth-order valence-electron chi connectivity index (χ4n) is 2.04. The standard InChI is InChI=1S/C13H17NO4S/c1-17-12-5-3-4-10(13(12)18-2)8-14-11-6-7-19(15,16)9-11/h3-7,11,14H,8-9H2,1-2H3. The molecule has 0 radical (unpaired) electrons. The van der Waals surface area contributed by atoms with Crippen molar-refractivity contribution < 1.29 is 17.9 Å². The van der Waals surface area contributed by atoms with Gasteiger partial charge in [-0.2, -0.15) is 0 Å². The first kappa shape index (κ1) is 13.9. The van der Waals surface area contributed by atoms with Gasteiger partial charge in [0.25, 0.3) is 0 Å². The molecule has 0 fully saturated rings. The third kappa shape index (κ3) is 3.27. The first-order valence-corrected chi connectivity index (χ1v) is 7.61. The van der Waals surface area contributed by atoms with Crippen LogP contribution in [0.5, 0.6) is 11.5 Å². The minimum atomic E-state index is -3.03. The summed E-state index contributed by atoms with van der Waals surface area (Å²) in [5, 5.41) is 4.44. The van der Waals surface area contributed by atoms with Gasteiger partial charge in [0, 0.05) is 23.6 Å². The predicted molar refractivity (Wildman–Crippen MR) is 73.1 cm³/mol. The van der Waals surface area contributed by atoms with Gasteiger partial charge in [0.1, 0.15) is 0 Å². The van der Waals surface area contributed by atoms with Crippen LogP contribution >= 0.6 is 0 Å². The summed E-state index contributed by atoms with van der Waals surface area (Å²) in [6.07, 6.45) is 1.67. The molecule has 1 aromatic carbocycles.